The quantitative estimate of drug-likeness (QED) is 0.0735. The van der Waals surface area contributed by atoms with Crippen LogP contribution in [0.3, 0.4) is 0 Å². The fourth-order valence-corrected chi connectivity index (χ4v) is 5.62. The summed E-state index contributed by atoms with van der Waals surface area (Å²) in [5, 5.41) is 26.3. The van der Waals surface area contributed by atoms with E-state index in [4.69, 9.17) is 18.3 Å². The summed E-state index contributed by atoms with van der Waals surface area (Å²) in [5.74, 6) is 0.128. The predicted octanol–water partition coefficient (Wildman–Crippen LogP) is 4.69. The van der Waals surface area contributed by atoms with Crippen molar-refractivity contribution in [3.63, 3.8) is 0 Å². The van der Waals surface area contributed by atoms with Crippen molar-refractivity contribution in [2.24, 2.45) is 0 Å². The van der Waals surface area contributed by atoms with Crippen LogP contribution in [-0.4, -0.2) is 105 Å². The molecule has 6 heterocycles. The predicted molar refractivity (Wildman–Crippen MR) is 210 cm³/mol. The van der Waals surface area contributed by atoms with Crippen LogP contribution in [0.5, 0.6) is 11.8 Å². The van der Waals surface area contributed by atoms with Gasteiger partial charge in [-0.2, -0.15) is 19.2 Å². The van der Waals surface area contributed by atoms with Crippen molar-refractivity contribution < 1.29 is 36.3 Å². The molecule has 0 radical (unpaired) electrons. The lowest BCUT2D eigenvalue weighted by Crippen LogP contribution is -2.25. The number of pyridine rings is 2. The molecule has 1 amide bonds. The molecular formula is C37H41F3N14O4. The van der Waals surface area contributed by atoms with E-state index < -0.39 is 24.8 Å². The Morgan fingerprint density at radius 2 is 1.43 bits per heavy atom. The smallest absolute Gasteiger partial charge is 0.256 e. The Balaban J connectivity index is 0.000000184. The molecule has 2 atom stereocenters. The number of aromatic nitrogens is 8. The minimum absolute atomic E-state index is 0.0338. The summed E-state index contributed by atoms with van der Waals surface area (Å²) in [7, 11) is 2.20. The highest BCUT2D eigenvalue weighted by molar-refractivity contribution is 6.00. The zero-order chi connectivity index (χ0) is 43.4. The molecule has 0 unspecified atom stereocenters. The Morgan fingerprint density at radius 1 is 0.862 bits per heavy atom. The lowest BCUT2D eigenvalue weighted by molar-refractivity contribution is 0.0952. The van der Waals surface area contributed by atoms with Gasteiger partial charge >= 0.3 is 0 Å². The van der Waals surface area contributed by atoms with E-state index in [0.717, 1.165) is 31.3 Å². The van der Waals surface area contributed by atoms with E-state index in [1.165, 1.54) is 16.8 Å². The molecule has 0 bridgehead atoms. The van der Waals surface area contributed by atoms with Crippen LogP contribution in [0.4, 0.5) is 47.8 Å². The van der Waals surface area contributed by atoms with E-state index >= 15 is 0 Å². The summed E-state index contributed by atoms with van der Waals surface area (Å²) in [4.78, 5) is 29.2. The van der Waals surface area contributed by atoms with Crippen LogP contribution in [0.15, 0.2) is 55.6 Å². The summed E-state index contributed by atoms with van der Waals surface area (Å²) >= 11 is 0. The van der Waals surface area contributed by atoms with Crippen molar-refractivity contribution in [3.8, 4) is 11.8 Å². The molecule has 2 saturated carbocycles. The molecule has 2 aliphatic carbocycles. The van der Waals surface area contributed by atoms with E-state index in [2.05, 4.69) is 68.6 Å². The number of hydrogen-bond acceptors (Lipinski definition) is 15. The van der Waals surface area contributed by atoms with Crippen molar-refractivity contribution in [2.75, 3.05) is 62.7 Å². The minimum atomic E-state index is -2.77. The van der Waals surface area contributed by atoms with Gasteiger partial charge in [0.05, 0.1) is 54.1 Å². The number of nitrogens with one attached hydrogen (secondary N) is 6. The van der Waals surface area contributed by atoms with E-state index in [0.29, 0.717) is 53.1 Å². The second kappa shape index (κ2) is 17.1. The van der Waals surface area contributed by atoms with Crippen LogP contribution in [-0.2, 0) is 4.74 Å². The second-order valence-electron chi connectivity index (χ2n) is 13.1. The molecule has 6 aromatic rings. The monoisotopic (exact) mass is 805 g/mol. The summed E-state index contributed by atoms with van der Waals surface area (Å²) in [6.07, 6.45) is 6.41. The van der Waals surface area contributed by atoms with Gasteiger partial charge < -0.3 is 46.1 Å². The SMILES string of the molecule is C=C(N[C@H]1C[C@H]1F)c1cnn2c(NC)cc(Nc3cc(F)cnc3OCCOC)nc12.[2H]C([2H])([2H])Oc1ncc(F)cc1Nc1cc(NC)n2ncc(C(=O)NC3CC3)c2n1. The first-order valence-corrected chi connectivity index (χ1v) is 17.9. The van der Waals surface area contributed by atoms with Gasteiger partial charge in [0.25, 0.3) is 5.91 Å². The summed E-state index contributed by atoms with van der Waals surface area (Å²) < 4.78 is 81.1. The minimum Gasteiger partial charge on any atom is -0.480 e. The van der Waals surface area contributed by atoms with Gasteiger partial charge in [-0.15, -0.1) is 0 Å². The fourth-order valence-electron chi connectivity index (χ4n) is 5.62. The molecule has 0 aliphatic heterocycles. The summed E-state index contributed by atoms with van der Waals surface area (Å²) in [6.45, 7) is 4.61. The van der Waals surface area contributed by atoms with Crippen LogP contribution in [0.25, 0.3) is 17.0 Å². The largest absolute Gasteiger partial charge is 0.480 e. The van der Waals surface area contributed by atoms with Crippen molar-refractivity contribution in [2.45, 2.75) is 37.5 Å². The van der Waals surface area contributed by atoms with Crippen LogP contribution < -0.4 is 41.4 Å². The maximum atomic E-state index is 13.8. The van der Waals surface area contributed by atoms with Gasteiger partial charge in [-0.3, -0.25) is 4.79 Å². The van der Waals surface area contributed by atoms with Crippen LogP contribution in [0.1, 0.15) is 39.3 Å². The number of hydrogen-bond donors (Lipinski definition) is 6. The summed E-state index contributed by atoms with van der Waals surface area (Å²) in [6, 6.07) is 5.50. The molecule has 8 rings (SSSR count). The van der Waals surface area contributed by atoms with E-state index in [1.54, 1.807) is 44.1 Å². The highest BCUT2D eigenvalue weighted by Gasteiger charge is 2.38. The van der Waals surface area contributed by atoms with Gasteiger partial charge in [0.15, 0.2) is 11.3 Å². The number of nitrogens with zero attached hydrogens (tertiary/aromatic N) is 8. The number of amides is 1. The fraction of sp³-hybridized carbons (Fsp3) is 0.324. The van der Waals surface area contributed by atoms with E-state index in [9.17, 15) is 18.0 Å². The number of halogens is 3. The second-order valence-corrected chi connectivity index (χ2v) is 13.1. The van der Waals surface area contributed by atoms with Crippen molar-refractivity contribution in [1.29, 1.82) is 0 Å². The molecule has 2 aliphatic rings. The topological polar surface area (TPSA) is 203 Å². The molecule has 18 nitrogen and oxygen atoms in total. The molecule has 58 heavy (non-hydrogen) atoms. The van der Waals surface area contributed by atoms with Crippen LogP contribution in [0.2, 0.25) is 0 Å². The third-order valence-electron chi connectivity index (χ3n) is 8.79. The third kappa shape index (κ3) is 8.88. The summed E-state index contributed by atoms with van der Waals surface area (Å²) in [5.41, 5.74) is 2.48. The average molecular weight is 806 g/mol. The first-order valence-electron chi connectivity index (χ1n) is 19.4. The first-order chi connectivity index (χ1) is 29.2. The van der Waals surface area contributed by atoms with Crippen LogP contribution >= 0.6 is 0 Å². The number of fused-ring (bicyclic) bond motifs is 2. The number of carbonyl (C=O) groups is 1. The van der Waals surface area contributed by atoms with Gasteiger partial charge in [0.1, 0.15) is 64.6 Å². The standard InChI is InChI=1S/C20H23F2N7O2.C17H18FN7O2/c1-11(26-15-7-14(15)22)13-10-25-29-18(23-2)8-17(28-19(13)29)27-16-6-12(21)9-24-20(16)31-5-4-30-3;1-19-14-6-13(23-12-5-9(18)7-20-17(12)27-2)24-15-11(8-21-25(14)15)16(26)22-10-3-4-10/h6,8-10,14-15,23,26H,1,4-5,7H2,2-3H3,(H,27,28);5-8,10,19H,3-4H2,1-2H3,(H,22,26)(H,23,24)/t14-,15+;/m1./s1/i;2D3. The Hall–Kier alpha value is -6.90. The number of ether oxygens (including phenoxy) is 3. The van der Waals surface area contributed by atoms with Gasteiger partial charge in [0, 0.05) is 63.6 Å². The lowest BCUT2D eigenvalue weighted by atomic mass is 10.2. The highest BCUT2D eigenvalue weighted by atomic mass is 19.1. The number of rotatable bonds is 16. The maximum Gasteiger partial charge on any atom is 0.256 e. The average Bonchev–Trinajstić information content (AvgIpc) is 4.06. The number of anilines is 6. The number of carbonyl (C=O) groups excluding carboxylic acids is 1. The molecule has 6 aromatic heterocycles. The molecular weight excluding hydrogens is 761 g/mol. The van der Waals surface area contributed by atoms with Gasteiger partial charge in [0.2, 0.25) is 11.8 Å². The maximum absolute atomic E-state index is 13.8. The Bertz CT molecular complexity index is 2570. The van der Waals surface area contributed by atoms with Crippen molar-refractivity contribution >= 4 is 57.5 Å². The van der Waals surface area contributed by atoms with E-state index in [1.807, 2.05) is 0 Å². The zero-order valence-electron chi connectivity index (χ0n) is 34.4. The molecule has 0 saturated heterocycles. The first kappa shape index (κ1) is 35.5. The van der Waals surface area contributed by atoms with Gasteiger partial charge in [-0.1, -0.05) is 6.58 Å². The molecule has 2 fully saturated rings. The molecule has 21 heteroatoms. The Morgan fingerprint density at radius 3 is 1.98 bits per heavy atom. The lowest BCUT2D eigenvalue weighted by Gasteiger charge is -2.14. The Labute approximate surface area is 333 Å². The molecule has 0 aromatic carbocycles. The van der Waals surface area contributed by atoms with E-state index in [-0.39, 0.29) is 59.1 Å². The van der Waals surface area contributed by atoms with Crippen LogP contribution in [0, 0.1) is 11.6 Å². The third-order valence-corrected chi connectivity index (χ3v) is 8.79. The van der Waals surface area contributed by atoms with Crippen molar-refractivity contribution in [1.82, 2.24) is 49.8 Å². The normalized spacial score (nSPS) is 16.6. The number of alkyl halides is 1. The van der Waals surface area contributed by atoms with Crippen molar-refractivity contribution in [3.05, 3.63) is 78.4 Å². The van der Waals surface area contributed by atoms with Gasteiger partial charge in [-0.25, -0.2) is 33.1 Å². The zero-order valence-corrected chi connectivity index (χ0v) is 31.4. The molecule has 0 spiro atoms. The molecule has 6 N–H and O–H groups in total. The van der Waals surface area contributed by atoms with Gasteiger partial charge in [-0.05, 0) is 12.8 Å². The molecule has 304 valence electrons. The highest BCUT2D eigenvalue weighted by Crippen LogP contribution is 2.32. The Kier molecular flexibility index (Phi) is 10.5. The number of methoxy groups -OCH3 is 2.